The summed E-state index contributed by atoms with van der Waals surface area (Å²) in [5, 5.41) is 0. The fraction of sp³-hybridized carbons (Fsp3) is 0.417. The molecule has 3 rings (SSSR count). The summed E-state index contributed by atoms with van der Waals surface area (Å²) < 4.78 is 19.5. The third-order valence-corrected chi connectivity index (χ3v) is 5.17. The Morgan fingerprint density at radius 1 is 1.20 bits per heavy atom. The van der Waals surface area contributed by atoms with E-state index in [1.54, 1.807) is 15.9 Å². The van der Waals surface area contributed by atoms with Crippen molar-refractivity contribution in [1.82, 2.24) is 9.80 Å². The zero-order chi connectivity index (χ0) is 21.7. The lowest BCUT2D eigenvalue weighted by molar-refractivity contribution is -0.0340. The highest BCUT2D eigenvalue weighted by atomic mass is 19.1. The van der Waals surface area contributed by atoms with Crippen LogP contribution in [-0.2, 0) is 4.74 Å². The van der Waals surface area contributed by atoms with Gasteiger partial charge in [-0.25, -0.2) is 4.39 Å². The lowest BCUT2D eigenvalue weighted by atomic mass is 10.1. The van der Waals surface area contributed by atoms with Crippen LogP contribution in [0, 0.1) is 18.7 Å². The minimum Gasteiger partial charge on any atom is -0.373 e. The van der Waals surface area contributed by atoms with Crippen molar-refractivity contribution in [3.8, 4) is 0 Å². The van der Waals surface area contributed by atoms with Gasteiger partial charge in [0.15, 0.2) is 0 Å². The number of halogens is 1. The van der Waals surface area contributed by atoms with E-state index >= 15 is 0 Å². The third-order valence-electron chi connectivity index (χ3n) is 5.17. The molecule has 5 nitrogen and oxygen atoms in total. The van der Waals surface area contributed by atoms with Crippen LogP contribution in [-0.4, -0.2) is 60.5 Å². The van der Waals surface area contributed by atoms with Crippen molar-refractivity contribution in [2.45, 2.75) is 26.9 Å². The van der Waals surface area contributed by atoms with Crippen molar-refractivity contribution in [2.75, 3.05) is 32.8 Å². The van der Waals surface area contributed by atoms with E-state index in [4.69, 9.17) is 4.74 Å². The Morgan fingerprint density at radius 2 is 1.97 bits per heavy atom. The summed E-state index contributed by atoms with van der Waals surface area (Å²) in [6.45, 7) is 8.22. The lowest BCUT2D eigenvalue weighted by Crippen LogP contribution is -2.51. The predicted octanol–water partition coefficient (Wildman–Crippen LogP) is 3.77. The van der Waals surface area contributed by atoms with E-state index in [1.807, 2.05) is 45.0 Å². The van der Waals surface area contributed by atoms with Crippen LogP contribution in [0.4, 0.5) is 4.39 Å². The molecule has 0 aromatic heterocycles. The number of aryl methyl sites for hydroxylation is 1. The molecule has 1 saturated heterocycles. The van der Waals surface area contributed by atoms with Gasteiger partial charge >= 0.3 is 0 Å². The van der Waals surface area contributed by atoms with Crippen LogP contribution >= 0.6 is 0 Å². The average molecular weight is 413 g/mol. The zero-order valence-corrected chi connectivity index (χ0v) is 17.8. The van der Waals surface area contributed by atoms with E-state index < -0.39 is 5.82 Å². The van der Waals surface area contributed by atoms with Crippen LogP contribution in [0.2, 0.25) is 0 Å². The fourth-order valence-electron chi connectivity index (χ4n) is 3.73. The van der Waals surface area contributed by atoms with Crippen molar-refractivity contribution < 1.29 is 18.7 Å². The van der Waals surface area contributed by atoms with Gasteiger partial charge in [-0.1, -0.05) is 38.1 Å². The maximum absolute atomic E-state index is 13.6. The highest BCUT2D eigenvalue weighted by molar-refractivity contribution is 5.96. The number of morpholine rings is 1. The number of hydrogen-bond acceptors (Lipinski definition) is 3. The Bertz CT molecular complexity index is 900. The topological polar surface area (TPSA) is 49.9 Å². The van der Waals surface area contributed by atoms with Crippen molar-refractivity contribution >= 4 is 11.8 Å². The summed E-state index contributed by atoms with van der Waals surface area (Å²) in [7, 11) is 0. The lowest BCUT2D eigenvalue weighted by Gasteiger charge is -2.36. The molecule has 2 aromatic rings. The Labute approximate surface area is 177 Å². The van der Waals surface area contributed by atoms with E-state index in [0.29, 0.717) is 43.9 Å². The molecule has 2 amide bonds. The molecular weight excluding hydrogens is 383 g/mol. The number of ether oxygens (including phenoxy) is 1. The largest absolute Gasteiger partial charge is 0.373 e. The van der Waals surface area contributed by atoms with Gasteiger partial charge in [0.25, 0.3) is 11.8 Å². The molecule has 1 fully saturated rings. The Balaban J connectivity index is 1.72. The summed E-state index contributed by atoms with van der Waals surface area (Å²) in [6, 6.07) is 13.3. The standard InChI is InChI=1S/C24H29FN2O3/c1-17(2)14-27(23(28)19-8-6-9-20(25)13-19)16-21-15-26(11-12-30-21)24(29)22-10-5-4-7-18(22)3/h4-10,13,17,21H,11-12,14-16H2,1-3H3. The molecule has 0 saturated carbocycles. The van der Waals surface area contributed by atoms with Crippen molar-refractivity contribution in [2.24, 2.45) is 5.92 Å². The van der Waals surface area contributed by atoms with Gasteiger partial charge in [-0.15, -0.1) is 0 Å². The molecule has 1 atom stereocenters. The van der Waals surface area contributed by atoms with Gasteiger partial charge in [0.2, 0.25) is 0 Å². The maximum atomic E-state index is 13.6. The number of carbonyl (C=O) groups excluding carboxylic acids is 2. The Kier molecular flexibility index (Phi) is 7.21. The first-order valence-electron chi connectivity index (χ1n) is 10.4. The zero-order valence-electron chi connectivity index (χ0n) is 17.8. The Morgan fingerprint density at radius 3 is 2.67 bits per heavy atom. The molecule has 0 bridgehead atoms. The van der Waals surface area contributed by atoms with E-state index in [9.17, 15) is 14.0 Å². The number of hydrogen-bond donors (Lipinski definition) is 0. The number of benzene rings is 2. The first kappa shape index (κ1) is 22.0. The fourth-order valence-corrected chi connectivity index (χ4v) is 3.73. The second kappa shape index (κ2) is 9.85. The molecule has 6 heteroatoms. The normalized spacial score (nSPS) is 16.6. The van der Waals surface area contributed by atoms with E-state index in [0.717, 1.165) is 5.56 Å². The second-order valence-corrected chi connectivity index (χ2v) is 8.17. The average Bonchev–Trinajstić information content (AvgIpc) is 2.72. The van der Waals surface area contributed by atoms with Crippen LogP contribution in [0.1, 0.15) is 40.1 Å². The first-order valence-corrected chi connectivity index (χ1v) is 10.4. The van der Waals surface area contributed by atoms with Crippen LogP contribution in [0.5, 0.6) is 0 Å². The first-order chi connectivity index (χ1) is 14.3. The van der Waals surface area contributed by atoms with E-state index in [1.165, 1.54) is 18.2 Å². The maximum Gasteiger partial charge on any atom is 0.254 e. The molecule has 2 aromatic carbocycles. The third kappa shape index (κ3) is 5.45. The molecule has 1 unspecified atom stereocenters. The molecule has 30 heavy (non-hydrogen) atoms. The summed E-state index contributed by atoms with van der Waals surface area (Å²) in [5.74, 6) is -0.438. The summed E-state index contributed by atoms with van der Waals surface area (Å²) in [6.07, 6.45) is -0.289. The molecular formula is C24H29FN2O3. The van der Waals surface area contributed by atoms with Crippen molar-refractivity contribution in [3.05, 3.63) is 71.0 Å². The molecule has 1 aliphatic rings. The minimum atomic E-state index is -0.436. The minimum absolute atomic E-state index is 0.0201. The van der Waals surface area contributed by atoms with Crippen LogP contribution in [0.15, 0.2) is 48.5 Å². The van der Waals surface area contributed by atoms with Crippen LogP contribution < -0.4 is 0 Å². The van der Waals surface area contributed by atoms with Gasteiger partial charge in [-0.05, 0) is 42.7 Å². The molecule has 0 aliphatic carbocycles. The molecule has 160 valence electrons. The molecule has 1 heterocycles. The quantitative estimate of drug-likeness (QED) is 0.726. The highest BCUT2D eigenvalue weighted by Crippen LogP contribution is 2.17. The number of carbonyl (C=O) groups is 2. The number of amides is 2. The van der Waals surface area contributed by atoms with Gasteiger partial charge in [0, 0.05) is 37.3 Å². The number of nitrogens with zero attached hydrogens (tertiary/aromatic N) is 2. The SMILES string of the molecule is Cc1ccccc1C(=O)N1CCOC(CN(CC(C)C)C(=O)c2cccc(F)c2)C1. The predicted molar refractivity (Wildman–Crippen MR) is 114 cm³/mol. The number of rotatable bonds is 6. The van der Waals surface area contributed by atoms with Crippen LogP contribution in [0.25, 0.3) is 0 Å². The summed E-state index contributed by atoms with van der Waals surface area (Å²) in [5.41, 5.74) is 1.94. The second-order valence-electron chi connectivity index (χ2n) is 8.17. The molecule has 0 N–H and O–H groups in total. The smallest absolute Gasteiger partial charge is 0.254 e. The van der Waals surface area contributed by atoms with Gasteiger partial charge in [-0.3, -0.25) is 9.59 Å². The molecule has 0 radical (unpaired) electrons. The monoisotopic (exact) mass is 412 g/mol. The van der Waals surface area contributed by atoms with Crippen LogP contribution in [0.3, 0.4) is 0 Å². The van der Waals surface area contributed by atoms with E-state index in [2.05, 4.69) is 0 Å². The summed E-state index contributed by atoms with van der Waals surface area (Å²) in [4.78, 5) is 29.5. The Hall–Kier alpha value is -2.73. The van der Waals surface area contributed by atoms with Gasteiger partial charge < -0.3 is 14.5 Å². The summed E-state index contributed by atoms with van der Waals surface area (Å²) >= 11 is 0. The van der Waals surface area contributed by atoms with Crippen molar-refractivity contribution in [1.29, 1.82) is 0 Å². The molecule has 0 spiro atoms. The van der Waals surface area contributed by atoms with Crippen molar-refractivity contribution in [3.63, 3.8) is 0 Å². The van der Waals surface area contributed by atoms with Gasteiger partial charge in [0.1, 0.15) is 5.82 Å². The highest BCUT2D eigenvalue weighted by Gasteiger charge is 2.29. The van der Waals surface area contributed by atoms with Gasteiger partial charge in [-0.2, -0.15) is 0 Å². The van der Waals surface area contributed by atoms with Gasteiger partial charge in [0.05, 0.1) is 12.7 Å². The van der Waals surface area contributed by atoms with E-state index in [-0.39, 0.29) is 23.8 Å². The molecule has 1 aliphatic heterocycles.